The Morgan fingerprint density at radius 1 is 1.37 bits per heavy atom. The number of hydrogen-bond donors (Lipinski definition) is 1. The zero-order valence-electron chi connectivity index (χ0n) is 14.2. The van der Waals surface area contributed by atoms with E-state index in [1.807, 2.05) is 0 Å². The summed E-state index contributed by atoms with van der Waals surface area (Å²) < 4.78 is 41.8. The molecule has 0 aliphatic rings. The average molecular weight is 398 g/mol. The lowest BCUT2D eigenvalue weighted by molar-refractivity contribution is -0.117. The van der Waals surface area contributed by atoms with Crippen LogP contribution in [-0.2, 0) is 17.9 Å². The Bertz CT molecular complexity index is 949. The highest BCUT2D eigenvalue weighted by Crippen LogP contribution is 2.21. The number of amides is 1. The summed E-state index contributed by atoms with van der Waals surface area (Å²) in [6, 6.07) is 5.61. The highest BCUT2D eigenvalue weighted by atomic mass is 35.5. The molecule has 2 heterocycles. The van der Waals surface area contributed by atoms with Crippen molar-refractivity contribution in [2.45, 2.75) is 26.4 Å². The first-order valence-corrected chi connectivity index (χ1v) is 8.29. The third kappa shape index (κ3) is 4.48. The van der Waals surface area contributed by atoms with E-state index in [0.29, 0.717) is 11.4 Å². The van der Waals surface area contributed by atoms with Crippen molar-refractivity contribution < 1.29 is 18.0 Å². The van der Waals surface area contributed by atoms with E-state index in [9.17, 15) is 18.0 Å². The summed E-state index contributed by atoms with van der Waals surface area (Å²) in [4.78, 5) is 12.1. The Morgan fingerprint density at radius 3 is 2.81 bits per heavy atom. The second kappa shape index (κ2) is 7.83. The van der Waals surface area contributed by atoms with Crippen LogP contribution in [0.15, 0.2) is 36.7 Å². The summed E-state index contributed by atoms with van der Waals surface area (Å²) in [7, 11) is 0. The van der Waals surface area contributed by atoms with Gasteiger partial charge in [0.15, 0.2) is 0 Å². The van der Waals surface area contributed by atoms with E-state index in [1.54, 1.807) is 13.0 Å². The first-order chi connectivity index (χ1) is 12.8. The van der Waals surface area contributed by atoms with Gasteiger partial charge in [0.1, 0.15) is 18.1 Å². The SMILES string of the molecule is Cc1cc(C(F)F)nn1CC(=O)Nc1cnn(Cc2c(F)cccc2Cl)c1. The smallest absolute Gasteiger partial charge is 0.282 e. The fourth-order valence-corrected chi connectivity index (χ4v) is 2.72. The standard InChI is InChI=1S/C17H15ClF3N5O/c1-10-5-15(17(20)21)24-26(10)9-16(27)23-11-6-22-25(7-11)8-12-13(18)3-2-4-14(12)19/h2-7,17H,8-9H2,1H3,(H,23,27). The average Bonchev–Trinajstić information content (AvgIpc) is 3.18. The number of alkyl halides is 2. The molecule has 10 heteroatoms. The van der Waals surface area contributed by atoms with Crippen molar-refractivity contribution in [1.82, 2.24) is 19.6 Å². The molecule has 3 rings (SSSR count). The molecule has 0 atom stereocenters. The van der Waals surface area contributed by atoms with E-state index >= 15 is 0 Å². The molecule has 1 amide bonds. The number of aromatic nitrogens is 4. The Morgan fingerprint density at radius 2 is 2.15 bits per heavy atom. The molecule has 0 unspecified atom stereocenters. The predicted molar refractivity (Wildman–Crippen MR) is 93.3 cm³/mol. The predicted octanol–water partition coefficient (Wildman–Crippen LogP) is 3.81. The van der Waals surface area contributed by atoms with Gasteiger partial charge in [0, 0.05) is 22.5 Å². The molecule has 0 saturated heterocycles. The van der Waals surface area contributed by atoms with Crippen LogP contribution in [0.1, 0.15) is 23.4 Å². The summed E-state index contributed by atoms with van der Waals surface area (Å²) in [5.74, 6) is -0.905. The van der Waals surface area contributed by atoms with Gasteiger partial charge >= 0.3 is 0 Å². The van der Waals surface area contributed by atoms with Crippen molar-refractivity contribution >= 4 is 23.2 Å². The highest BCUT2D eigenvalue weighted by molar-refractivity contribution is 6.31. The van der Waals surface area contributed by atoms with Gasteiger partial charge < -0.3 is 5.32 Å². The maximum atomic E-state index is 13.8. The monoisotopic (exact) mass is 397 g/mol. The Kier molecular flexibility index (Phi) is 5.50. The third-order valence-corrected chi connectivity index (χ3v) is 4.17. The lowest BCUT2D eigenvalue weighted by Gasteiger charge is -2.06. The number of aryl methyl sites for hydroxylation is 1. The fourth-order valence-electron chi connectivity index (χ4n) is 2.50. The summed E-state index contributed by atoms with van der Waals surface area (Å²) in [5, 5.41) is 10.6. The van der Waals surface area contributed by atoms with Crippen molar-refractivity contribution in [1.29, 1.82) is 0 Å². The largest absolute Gasteiger partial charge is 0.322 e. The number of nitrogens with one attached hydrogen (secondary N) is 1. The normalized spacial score (nSPS) is 11.2. The van der Waals surface area contributed by atoms with Gasteiger partial charge in [-0.05, 0) is 25.1 Å². The highest BCUT2D eigenvalue weighted by Gasteiger charge is 2.15. The van der Waals surface area contributed by atoms with Crippen molar-refractivity contribution in [3.05, 3.63) is 64.5 Å². The zero-order valence-corrected chi connectivity index (χ0v) is 14.9. The van der Waals surface area contributed by atoms with Crippen LogP contribution < -0.4 is 5.32 Å². The minimum absolute atomic E-state index is 0.0946. The number of hydrogen-bond acceptors (Lipinski definition) is 3. The molecule has 0 aliphatic heterocycles. The van der Waals surface area contributed by atoms with E-state index in [4.69, 9.17) is 11.6 Å². The van der Waals surface area contributed by atoms with Gasteiger partial charge in [-0.25, -0.2) is 13.2 Å². The molecule has 0 spiro atoms. The van der Waals surface area contributed by atoms with E-state index in [-0.39, 0.29) is 29.4 Å². The second-order valence-electron chi connectivity index (χ2n) is 5.84. The molecule has 142 valence electrons. The van der Waals surface area contributed by atoms with Crippen LogP contribution in [0.5, 0.6) is 0 Å². The number of carbonyl (C=O) groups excluding carboxylic acids is 1. The zero-order chi connectivity index (χ0) is 19.6. The number of rotatable bonds is 6. The lowest BCUT2D eigenvalue weighted by atomic mass is 10.2. The molecule has 1 N–H and O–H groups in total. The van der Waals surface area contributed by atoms with E-state index in [2.05, 4.69) is 15.5 Å². The van der Waals surface area contributed by atoms with Crippen LogP contribution in [-0.4, -0.2) is 25.5 Å². The molecule has 0 radical (unpaired) electrons. The molecule has 6 nitrogen and oxygen atoms in total. The summed E-state index contributed by atoms with van der Waals surface area (Å²) in [5.41, 5.74) is 0.735. The van der Waals surface area contributed by atoms with Gasteiger partial charge in [-0.1, -0.05) is 17.7 Å². The van der Waals surface area contributed by atoms with Gasteiger partial charge in [-0.3, -0.25) is 14.2 Å². The number of carbonyl (C=O) groups is 1. The fraction of sp³-hybridized carbons (Fsp3) is 0.235. The maximum absolute atomic E-state index is 13.8. The number of nitrogens with zero attached hydrogens (tertiary/aromatic N) is 4. The maximum Gasteiger partial charge on any atom is 0.282 e. The molecular formula is C17H15ClF3N5O. The summed E-state index contributed by atoms with van der Waals surface area (Å²) in [6.07, 6.45) is 0.213. The molecule has 0 fully saturated rings. The molecule has 2 aromatic heterocycles. The van der Waals surface area contributed by atoms with Crippen molar-refractivity contribution in [2.75, 3.05) is 5.32 Å². The molecule has 3 aromatic rings. The first kappa shape index (κ1) is 19.0. The molecule has 0 saturated carbocycles. The molecule has 27 heavy (non-hydrogen) atoms. The number of halogens is 4. The van der Waals surface area contributed by atoms with Crippen molar-refractivity contribution in [3.8, 4) is 0 Å². The van der Waals surface area contributed by atoms with Gasteiger partial charge in [-0.15, -0.1) is 0 Å². The van der Waals surface area contributed by atoms with Crippen LogP contribution >= 0.6 is 11.6 Å². The Balaban J connectivity index is 1.64. The topological polar surface area (TPSA) is 64.7 Å². The first-order valence-electron chi connectivity index (χ1n) is 7.91. The van der Waals surface area contributed by atoms with Crippen molar-refractivity contribution in [2.24, 2.45) is 0 Å². The summed E-state index contributed by atoms with van der Waals surface area (Å²) in [6.45, 7) is 1.46. The van der Waals surface area contributed by atoms with Crippen LogP contribution in [0.3, 0.4) is 0 Å². The molecule has 0 bridgehead atoms. The molecular weight excluding hydrogens is 383 g/mol. The Labute approximate surface area is 157 Å². The lowest BCUT2D eigenvalue weighted by Crippen LogP contribution is -2.20. The number of benzene rings is 1. The van der Waals surface area contributed by atoms with E-state index in [0.717, 1.165) is 0 Å². The Hall–Kier alpha value is -2.81. The second-order valence-corrected chi connectivity index (χ2v) is 6.25. The van der Waals surface area contributed by atoms with E-state index < -0.39 is 18.1 Å². The van der Waals surface area contributed by atoms with Crippen LogP contribution in [0.2, 0.25) is 5.02 Å². The van der Waals surface area contributed by atoms with Crippen LogP contribution in [0, 0.1) is 12.7 Å². The van der Waals surface area contributed by atoms with Crippen molar-refractivity contribution in [3.63, 3.8) is 0 Å². The van der Waals surface area contributed by atoms with Crippen LogP contribution in [0.25, 0.3) is 0 Å². The summed E-state index contributed by atoms with van der Waals surface area (Å²) >= 11 is 5.99. The van der Waals surface area contributed by atoms with Gasteiger partial charge in [-0.2, -0.15) is 10.2 Å². The van der Waals surface area contributed by atoms with Gasteiger partial charge in [0.05, 0.1) is 18.4 Å². The third-order valence-electron chi connectivity index (χ3n) is 3.82. The minimum Gasteiger partial charge on any atom is -0.322 e. The number of anilines is 1. The minimum atomic E-state index is -2.70. The van der Waals surface area contributed by atoms with Gasteiger partial charge in [0.2, 0.25) is 5.91 Å². The van der Waals surface area contributed by atoms with E-state index in [1.165, 1.54) is 40.0 Å². The van der Waals surface area contributed by atoms with Crippen LogP contribution in [0.4, 0.5) is 18.9 Å². The molecule has 1 aromatic carbocycles. The van der Waals surface area contributed by atoms with Gasteiger partial charge in [0.25, 0.3) is 6.43 Å². The molecule has 0 aliphatic carbocycles. The quantitative estimate of drug-likeness (QED) is 0.688.